The molecule has 4 heteroatoms. The number of hydrogen-bond acceptors (Lipinski definition) is 3. The zero-order valence-electron chi connectivity index (χ0n) is 13.4. The van der Waals surface area contributed by atoms with Crippen molar-refractivity contribution in [2.45, 2.75) is 18.4 Å². The van der Waals surface area contributed by atoms with Gasteiger partial charge in [-0.05, 0) is 41.7 Å². The van der Waals surface area contributed by atoms with Crippen LogP contribution in [0.1, 0.15) is 39.9 Å². The van der Waals surface area contributed by atoms with E-state index in [4.69, 9.17) is 9.84 Å². The van der Waals surface area contributed by atoms with Crippen LogP contribution in [0.25, 0.3) is 0 Å². The van der Waals surface area contributed by atoms with Crippen molar-refractivity contribution in [2.24, 2.45) is 5.92 Å². The molecule has 0 amide bonds. The number of rotatable bonds is 3. The molecule has 0 saturated carbocycles. The lowest BCUT2D eigenvalue weighted by Gasteiger charge is -2.38. The molecule has 4 rings (SSSR count). The normalized spacial score (nSPS) is 24.0. The summed E-state index contributed by atoms with van der Waals surface area (Å²) in [4.78, 5) is 11.1. The molecule has 2 aromatic carbocycles. The van der Waals surface area contributed by atoms with Crippen LogP contribution in [0, 0.1) is 5.92 Å². The van der Waals surface area contributed by atoms with Crippen molar-refractivity contribution in [3.8, 4) is 5.75 Å². The Bertz CT molecular complexity index is 810. The Kier molecular flexibility index (Phi) is 3.53. The monoisotopic (exact) mass is 321 g/mol. The van der Waals surface area contributed by atoms with Gasteiger partial charge in [0, 0.05) is 5.92 Å². The molecule has 0 fully saturated rings. The molecule has 1 aliphatic carbocycles. The van der Waals surface area contributed by atoms with E-state index in [0.717, 1.165) is 23.4 Å². The summed E-state index contributed by atoms with van der Waals surface area (Å²) in [5.41, 5.74) is 3.73. The van der Waals surface area contributed by atoms with E-state index in [9.17, 15) is 4.79 Å². The largest absolute Gasteiger partial charge is 0.495 e. The lowest BCUT2D eigenvalue weighted by molar-refractivity contribution is 0.0697. The summed E-state index contributed by atoms with van der Waals surface area (Å²) >= 11 is 0. The maximum Gasteiger partial charge on any atom is 0.335 e. The van der Waals surface area contributed by atoms with Gasteiger partial charge in [0.2, 0.25) is 0 Å². The van der Waals surface area contributed by atoms with Gasteiger partial charge >= 0.3 is 5.97 Å². The van der Waals surface area contributed by atoms with Crippen LogP contribution in [0.15, 0.2) is 54.6 Å². The molecule has 2 N–H and O–H groups in total. The number of anilines is 1. The molecule has 24 heavy (non-hydrogen) atoms. The van der Waals surface area contributed by atoms with E-state index in [-0.39, 0.29) is 6.04 Å². The lowest BCUT2D eigenvalue weighted by Crippen LogP contribution is -2.29. The minimum Gasteiger partial charge on any atom is -0.495 e. The van der Waals surface area contributed by atoms with Crippen LogP contribution in [0.5, 0.6) is 5.75 Å². The summed E-state index contributed by atoms with van der Waals surface area (Å²) in [7, 11) is 1.69. The molecule has 0 bridgehead atoms. The van der Waals surface area contributed by atoms with E-state index in [1.165, 1.54) is 5.56 Å². The molecule has 4 nitrogen and oxygen atoms in total. The number of allylic oxidation sites excluding steroid dienone is 2. The van der Waals surface area contributed by atoms with Crippen LogP contribution in [0.2, 0.25) is 0 Å². The van der Waals surface area contributed by atoms with Crippen molar-refractivity contribution in [1.82, 2.24) is 0 Å². The highest BCUT2D eigenvalue weighted by atomic mass is 16.5. The van der Waals surface area contributed by atoms with Gasteiger partial charge < -0.3 is 15.2 Å². The highest BCUT2D eigenvalue weighted by molar-refractivity contribution is 5.87. The standard InChI is InChI=1S/C20H19NO3/c1-24-17-7-3-6-16-14-4-2-5-15(14)18(21-19(16)17)12-8-10-13(11-9-12)20(22)23/h2-4,6-11,14-15,18,21H,5H2,1H3,(H,22,23)/t14-,15+,18+/m1/s1. The van der Waals surface area contributed by atoms with Gasteiger partial charge in [-0.15, -0.1) is 0 Å². The highest BCUT2D eigenvalue weighted by Crippen LogP contribution is 2.52. The average Bonchev–Trinajstić information content (AvgIpc) is 3.10. The van der Waals surface area contributed by atoms with E-state index in [1.807, 2.05) is 24.3 Å². The second-order valence-electron chi connectivity index (χ2n) is 6.33. The molecular weight excluding hydrogens is 302 g/mol. The molecule has 2 aromatic rings. The van der Waals surface area contributed by atoms with Crippen molar-refractivity contribution in [2.75, 3.05) is 12.4 Å². The van der Waals surface area contributed by atoms with Crippen molar-refractivity contribution < 1.29 is 14.6 Å². The highest BCUT2D eigenvalue weighted by Gasteiger charge is 2.38. The second-order valence-corrected chi connectivity index (χ2v) is 6.33. The van der Waals surface area contributed by atoms with E-state index in [1.54, 1.807) is 19.2 Å². The Morgan fingerprint density at radius 1 is 1.21 bits per heavy atom. The smallest absolute Gasteiger partial charge is 0.335 e. The van der Waals surface area contributed by atoms with Gasteiger partial charge in [0.15, 0.2) is 0 Å². The average molecular weight is 321 g/mol. The minimum absolute atomic E-state index is 0.136. The van der Waals surface area contributed by atoms with Gasteiger partial charge in [-0.2, -0.15) is 0 Å². The maximum atomic E-state index is 11.1. The maximum absolute atomic E-state index is 11.1. The first-order valence-electron chi connectivity index (χ1n) is 8.12. The predicted octanol–water partition coefficient (Wildman–Crippen LogP) is 4.22. The summed E-state index contributed by atoms with van der Waals surface area (Å²) in [6, 6.07) is 13.5. The Labute approximate surface area is 140 Å². The molecular formula is C20H19NO3. The Balaban J connectivity index is 1.76. The van der Waals surface area contributed by atoms with Gasteiger partial charge in [0.1, 0.15) is 5.75 Å². The number of carbonyl (C=O) groups is 1. The summed E-state index contributed by atoms with van der Waals surface area (Å²) in [6.07, 6.45) is 5.53. The van der Waals surface area contributed by atoms with Crippen LogP contribution >= 0.6 is 0 Å². The number of para-hydroxylation sites is 1. The van der Waals surface area contributed by atoms with Crippen LogP contribution in [0.3, 0.4) is 0 Å². The molecule has 0 unspecified atom stereocenters. The molecule has 3 atom stereocenters. The number of methoxy groups -OCH3 is 1. The molecule has 0 saturated heterocycles. The van der Waals surface area contributed by atoms with Gasteiger partial charge in [-0.3, -0.25) is 0 Å². The van der Waals surface area contributed by atoms with E-state index < -0.39 is 5.97 Å². The number of fused-ring (bicyclic) bond motifs is 3. The van der Waals surface area contributed by atoms with Gasteiger partial charge in [-0.1, -0.05) is 36.4 Å². The first-order valence-corrected chi connectivity index (χ1v) is 8.12. The Hall–Kier alpha value is -2.75. The summed E-state index contributed by atoms with van der Waals surface area (Å²) in [5, 5.41) is 12.7. The number of carboxylic acid groups (broad SMARTS) is 1. The van der Waals surface area contributed by atoms with Crippen molar-refractivity contribution in [1.29, 1.82) is 0 Å². The zero-order valence-corrected chi connectivity index (χ0v) is 13.4. The molecule has 0 radical (unpaired) electrons. The quantitative estimate of drug-likeness (QED) is 0.831. The van der Waals surface area contributed by atoms with Crippen molar-refractivity contribution in [3.63, 3.8) is 0 Å². The van der Waals surface area contributed by atoms with Crippen molar-refractivity contribution >= 4 is 11.7 Å². The third-order valence-corrected chi connectivity index (χ3v) is 5.10. The predicted molar refractivity (Wildman–Crippen MR) is 92.7 cm³/mol. The molecule has 0 spiro atoms. The Morgan fingerprint density at radius 2 is 2.00 bits per heavy atom. The van der Waals surface area contributed by atoms with E-state index >= 15 is 0 Å². The minimum atomic E-state index is -0.898. The van der Waals surface area contributed by atoms with Crippen molar-refractivity contribution in [3.05, 3.63) is 71.3 Å². The third-order valence-electron chi connectivity index (χ3n) is 5.10. The van der Waals surface area contributed by atoms with E-state index in [2.05, 4.69) is 23.5 Å². The number of ether oxygens (including phenoxy) is 1. The second kappa shape index (κ2) is 5.71. The first-order chi connectivity index (χ1) is 11.7. The van der Waals surface area contributed by atoms with Gasteiger partial charge in [-0.25, -0.2) is 4.79 Å². The van der Waals surface area contributed by atoms with Crippen LogP contribution in [0.4, 0.5) is 5.69 Å². The number of carboxylic acids is 1. The first kappa shape index (κ1) is 14.8. The molecule has 0 aromatic heterocycles. The molecule has 2 aliphatic rings. The van der Waals surface area contributed by atoms with Crippen LogP contribution in [-0.4, -0.2) is 18.2 Å². The topological polar surface area (TPSA) is 58.6 Å². The van der Waals surface area contributed by atoms with Gasteiger partial charge in [0.05, 0.1) is 24.4 Å². The third kappa shape index (κ3) is 2.26. The summed E-state index contributed by atoms with van der Waals surface area (Å²) in [6.45, 7) is 0. The zero-order chi connectivity index (χ0) is 16.7. The van der Waals surface area contributed by atoms with Crippen LogP contribution in [-0.2, 0) is 0 Å². The molecule has 1 aliphatic heterocycles. The fourth-order valence-corrected chi connectivity index (χ4v) is 3.93. The fraction of sp³-hybridized carbons (Fsp3) is 0.250. The van der Waals surface area contributed by atoms with Crippen LogP contribution < -0.4 is 10.1 Å². The SMILES string of the molecule is COc1cccc2c1N[C@@H](c1ccc(C(=O)O)cc1)[C@H]1CC=C[C@@H]21. The Morgan fingerprint density at radius 3 is 2.71 bits per heavy atom. The lowest BCUT2D eigenvalue weighted by atomic mass is 9.77. The molecule has 122 valence electrons. The number of nitrogens with one attached hydrogen (secondary N) is 1. The fourth-order valence-electron chi connectivity index (χ4n) is 3.93. The summed E-state index contributed by atoms with van der Waals surface area (Å²) < 4.78 is 5.53. The van der Waals surface area contributed by atoms with E-state index in [0.29, 0.717) is 17.4 Å². The number of benzene rings is 2. The summed E-state index contributed by atoms with van der Waals surface area (Å²) in [5.74, 6) is 0.741. The number of aromatic carboxylic acids is 1. The number of hydrogen-bond donors (Lipinski definition) is 2. The van der Waals surface area contributed by atoms with Gasteiger partial charge in [0.25, 0.3) is 0 Å². The molecule has 1 heterocycles.